The molecule has 0 amide bonds. The molecule has 0 saturated heterocycles. The third-order valence-corrected chi connectivity index (χ3v) is 3.58. The number of hydrogen-bond donors (Lipinski definition) is 1. The van der Waals surface area contributed by atoms with Gasteiger partial charge in [-0.05, 0) is 42.5 Å². The van der Waals surface area contributed by atoms with Gasteiger partial charge in [0.05, 0.1) is 5.52 Å². The molecule has 1 heterocycles. The van der Waals surface area contributed by atoms with Gasteiger partial charge in [0.2, 0.25) is 0 Å². The van der Waals surface area contributed by atoms with E-state index in [9.17, 15) is 0 Å². The Morgan fingerprint density at radius 2 is 1.90 bits per heavy atom. The van der Waals surface area contributed by atoms with Crippen molar-refractivity contribution in [3.05, 3.63) is 59.8 Å². The van der Waals surface area contributed by atoms with Gasteiger partial charge < -0.3 is 10.2 Å². The van der Waals surface area contributed by atoms with Gasteiger partial charge in [0.15, 0.2) is 0 Å². The van der Waals surface area contributed by atoms with Crippen LogP contribution in [-0.2, 0) is 0 Å². The first-order valence-corrected chi connectivity index (χ1v) is 7.10. The Morgan fingerprint density at radius 3 is 2.71 bits per heavy atom. The zero-order chi connectivity index (χ0) is 14.8. The van der Waals surface area contributed by atoms with Crippen molar-refractivity contribution < 1.29 is 0 Å². The summed E-state index contributed by atoms with van der Waals surface area (Å²) in [5.41, 5.74) is 4.11. The maximum atomic E-state index is 6.10. The fraction of sp³-hybridized carbons (Fsp3) is 0.118. The number of anilines is 3. The minimum atomic E-state index is 0.709. The molecule has 3 rings (SSSR count). The molecule has 1 aromatic heterocycles. The molecule has 106 valence electrons. The summed E-state index contributed by atoms with van der Waals surface area (Å²) in [6, 6.07) is 15.9. The van der Waals surface area contributed by atoms with Crippen LogP contribution in [0.4, 0.5) is 17.1 Å². The largest absolute Gasteiger partial charge is 0.378 e. The molecule has 1 N–H and O–H groups in total. The van der Waals surface area contributed by atoms with Crippen LogP contribution in [0.2, 0.25) is 5.02 Å². The monoisotopic (exact) mass is 297 g/mol. The molecule has 0 aliphatic rings. The number of nitrogens with one attached hydrogen (secondary N) is 1. The fourth-order valence-corrected chi connectivity index (χ4v) is 2.42. The predicted molar refractivity (Wildman–Crippen MR) is 90.8 cm³/mol. The van der Waals surface area contributed by atoms with Gasteiger partial charge in [0, 0.05) is 47.8 Å². The highest BCUT2D eigenvalue weighted by atomic mass is 35.5. The highest BCUT2D eigenvalue weighted by Gasteiger charge is 2.04. The lowest BCUT2D eigenvalue weighted by atomic mass is 10.1. The van der Waals surface area contributed by atoms with E-state index >= 15 is 0 Å². The van der Waals surface area contributed by atoms with Crippen molar-refractivity contribution in [2.45, 2.75) is 0 Å². The second-order valence-corrected chi connectivity index (χ2v) is 5.53. The summed E-state index contributed by atoms with van der Waals surface area (Å²) < 4.78 is 0. The van der Waals surface area contributed by atoms with E-state index in [2.05, 4.69) is 27.3 Å². The molecule has 3 nitrogen and oxygen atoms in total. The van der Waals surface area contributed by atoms with Crippen molar-refractivity contribution >= 4 is 39.6 Å². The third-order valence-electron chi connectivity index (χ3n) is 3.35. The van der Waals surface area contributed by atoms with Crippen LogP contribution in [0.15, 0.2) is 54.7 Å². The first kappa shape index (κ1) is 13.7. The molecule has 0 saturated carbocycles. The number of aromatic nitrogens is 1. The summed E-state index contributed by atoms with van der Waals surface area (Å²) in [7, 11) is 4.06. The summed E-state index contributed by atoms with van der Waals surface area (Å²) in [6.07, 6.45) is 1.80. The quantitative estimate of drug-likeness (QED) is 0.759. The molecule has 21 heavy (non-hydrogen) atoms. The molecular formula is C17H16ClN3. The summed E-state index contributed by atoms with van der Waals surface area (Å²) in [6.45, 7) is 0. The van der Waals surface area contributed by atoms with Gasteiger partial charge in [-0.1, -0.05) is 17.7 Å². The van der Waals surface area contributed by atoms with Gasteiger partial charge in [0.1, 0.15) is 0 Å². The maximum Gasteiger partial charge on any atom is 0.0723 e. The van der Waals surface area contributed by atoms with Crippen LogP contribution in [0.1, 0.15) is 0 Å². The number of rotatable bonds is 3. The van der Waals surface area contributed by atoms with Crippen molar-refractivity contribution in [1.82, 2.24) is 4.98 Å². The molecule has 0 atom stereocenters. The van der Waals surface area contributed by atoms with Gasteiger partial charge in [-0.25, -0.2) is 0 Å². The van der Waals surface area contributed by atoms with Gasteiger partial charge in [-0.2, -0.15) is 0 Å². The second kappa shape index (κ2) is 5.62. The van der Waals surface area contributed by atoms with Gasteiger partial charge in [-0.15, -0.1) is 0 Å². The lowest BCUT2D eigenvalue weighted by Crippen LogP contribution is -2.08. The maximum absolute atomic E-state index is 6.10. The Labute approximate surface area is 129 Å². The van der Waals surface area contributed by atoms with Gasteiger partial charge in [-0.3, -0.25) is 4.98 Å². The van der Waals surface area contributed by atoms with Crippen molar-refractivity contribution in [2.75, 3.05) is 24.3 Å². The van der Waals surface area contributed by atoms with Crippen LogP contribution in [-0.4, -0.2) is 19.1 Å². The highest BCUT2D eigenvalue weighted by Crippen LogP contribution is 2.28. The highest BCUT2D eigenvalue weighted by molar-refractivity contribution is 6.31. The van der Waals surface area contributed by atoms with Gasteiger partial charge >= 0.3 is 0 Å². The molecule has 0 aliphatic carbocycles. The van der Waals surface area contributed by atoms with Crippen molar-refractivity contribution in [2.24, 2.45) is 0 Å². The van der Waals surface area contributed by atoms with E-state index in [1.807, 2.05) is 50.5 Å². The lowest BCUT2D eigenvalue weighted by molar-refractivity contribution is 1.13. The van der Waals surface area contributed by atoms with Gasteiger partial charge in [0.25, 0.3) is 0 Å². The molecular weight excluding hydrogens is 282 g/mol. The Balaban J connectivity index is 2.02. The van der Waals surface area contributed by atoms with Crippen LogP contribution in [0.3, 0.4) is 0 Å². The number of pyridine rings is 1. The number of halogens is 1. The second-order valence-electron chi connectivity index (χ2n) is 5.09. The summed E-state index contributed by atoms with van der Waals surface area (Å²) in [5.74, 6) is 0. The van der Waals surface area contributed by atoms with Crippen LogP contribution < -0.4 is 10.2 Å². The number of benzene rings is 2. The smallest absolute Gasteiger partial charge is 0.0723 e. The van der Waals surface area contributed by atoms with Crippen molar-refractivity contribution in [3.8, 4) is 0 Å². The number of hydrogen-bond acceptors (Lipinski definition) is 3. The molecule has 0 unspecified atom stereocenters. The van der Waals surface area contributed by atoms with E-state index < -0.39 is 0 Å². The number of nitrogens with zero attached hydrogens (tertiary/aromatic N) is 2. The molecule has 0 bridgehead atoms. The zero-order valence-electron chi connectivity index (χ0n) is 12.0. The standard InChI is InChI=1S/C17H16ClN3/c1-21(2)14-5-3-4-13(11-14)20-17-8-9-19-16-7-6-12(18)10-15(16)17/h3-11H,1-2H3,(H,19,20). The normalized spacial score (nSPS) is 10.6. The Bertz CT molecular complexity index is 784. The Kier molecular flexibility index (Phi) is 3.67. The van der Waals surface area contributed by atoms with E-state index in [4.69, 9.17) is 11.6 Å². The van der Waals surface area contributed by atoms with E-state index in [1.54, 1.807) is 6.20 Å². The molecule has 0 fully saturated rings. The van der Waals surface area contributed by atoms with E-state index in [1.165, 1.54) is 0 Å². The lowest BCUT2D eigenvalue weighted by Gasteiger charge is -2.15. The van der Waals surface area contributed by atoms with E-state index in [0.29, 0.717) is 5.02 Å². The summed E-state index contributed by atoms with van der Waals surface area (Å²) in [5, 5.41) is 5.17. The van der Waals surface area contributed by atoms with Crippen molar-refractivity contribution in [3.63, 3.8) is 0 Å². The Hall–Kier alpha value is -2.26. The average molecular weight is 298 g/mol. The molecule has 0 aliphatic heterocycles. The average Bonchev–Trinajstić information content (AvgIpc) is 2.48. The van der Waals surface area contributed by atoms with Crippen LogP contribution in [0.5, 0.6) is 0 Å². The minimum Gasteiger partial charge on any atom is -0.378 e. The predicted octanol–water partition coefficient (Wildman–Crippen LogP) is 4.70. The molecule has 0 spiro atoms. The van der Waals surface area contributed by atoms with E-state index in [0.717, 1.165) is 28.0 Å². The minimum absolute atomic E-state index is 0.709. The van der Waals surface area contributed by atoms with Crippen LogP contribution in [0.25, 0.3) is 10.9 Å². The molecule has 2 aromatic carbocycles. The third kappa shape index (κ3) is 2.93. The molecule has 0 radical (unpaired) electrons. The number of fused-ring (bicyclic) bond motifs is 1. The molecule has 4 heteroatoms. The first-order valence-electron chi connectivity index (χ1n) is 6.72. The summed E-state index contributed by atoms with van der Waals surface area (Å²) in [4.78, 5) is 6.44. The van der Waals surface area contributed by atoms with Crippen LogP contribution >= 0.6 is 11.6 Å². The Morgan fingerprint density at radius 1 is 1.05 bits per heavy atom. The molecule has 3 aromatic rings. The SMILES string of the molecule is CN(C)c1cccc(Nc2ccnc3ccc(Cl)cc23)c1. The van der Waals surface area contributed by atoms with E-state index in [-0.39, 0.29) is 0 Å². The zero-order valence-corrected chi connectivity index (χ0v) is 12.7. The topological polar surface area (TPSA) is 28.2 Å². The van der Waals surface area contributed by atoms with Crippen molar-refractivity contribution in [1.29, 1.82) is 0 Å². The fourth-order valence-electron chi connectivity index (χ4n) is 2.24. The summed E-state index contributed by atoms with van der Waals surface area (Å²) >= 11 is 6.10. The first-order chi connectivity index (χ1) is 10.1. The van der Waals surface area contributed by atoms with Crippen LogP contribution in [0, 0.1) is 0 Å².